The Bertz CT molecular complexity index is 1210. The molecule has 164 valence electrons. The molecule has 6 heteroatoms. The Labute approximate surface area is 185 Å². The standard InChI is InChI=1S/C26H25F2N3O/c27-20-9-4-17(5-10-20)19-8-13-23-22(16-19)24(18-6-11-21(28)12-7-18)25(31-23)26(32)30-15-3-1-2-14-29/h4-13,16,31H,1-3,14-15,29H2,(H,30,32). The first-order valence-electron chi connectivity index (χ1n) is 10.7. The predicted molar refractivity (Wildman–Crippen MR) is 124 cm³/mol. The van der Waals surface area contributed by atoms with Gasteiger partial charge in [0.2, 0.25) is 0 Å². The average molecular weight is 434 g/mol. The highest BCUT2D eigenvalue weighted by Crippen LogP contribution is 2.35. The summed E-state index contributed by atoms with van der Waals surface area (Å²) in [6, 6.07) is 18.2. The van der Waals surface area contributed by atoms with Gasteiger partial charge in [-0.3, -0.25) is 4.79 Å². The van der Waals surface area contributed by atoms with Gasteiger partial charge in [0.05, 0.1) is 0 Å². The van der Waals surface area contributed by atoms with Crippen LogP contribution in [-0.4, -0.2) is 24.0 Å². The zero-order valence-corrected chi connectivity index (χ0v) is 17.6. The van der Waals surface area contributed by atoms with Crippen molar-refractivity contribution in [3.63, 3.8) is 0 Å². The van der Waals surface area contributed by atoms with Gasteiger partial charge < -0.3 is 16.0 Å². The molecule has 4 N–H and O–H groups in total. The third-order valence-corrected chi connectivity index (χ3v) is 5.50. The van der Waals surface area contributed by atoms with E-state index < -0.39 is 0 Å². The topological polar surface area (TPSA) is 70.9 Å². The number of hydrogen-bond acceptors (Lipinski definition) is 2. The lowest BCUT2D eigenvalue weighted by atomic mass is 9.98. The number of benzene rings is 3. The third kappa shape index (κ3) is 4.70. The first-order valence-corrected chi connectivity index (χ1v) is 10.7. The Morgan fingerprint density at radius 3 is 2.09 bits per heavy atom. The summed E-state index contributed by atoms with van der Waals surface area (Å²) in [4.78, 5) is 16.2. The molecule has 4 aromatic rings. The monoisotopic (exact) mass is 433 g/mol. The average Bonchev–Trinajstić information content (AvgIpc) is 3.19. The van der Waals surface area contributed by atoms with Crippen molar-refractivity contribution in [2.45, 2.75) is 19.3 Å². The van der Waals surface area contributed by atoms with Crippen LogP contribution in [0.3, 0.4) is 0 Å². The number of rotatable bonds is 8. The maximum absolute atomic E-state index is 13.6. The van der Waals surface area contributed by atoms with E-state index in [1.54, 1.807) is 24.3 Å². The second kappa shape index (κ2) is 9.75. The Balaban J connectivity index is 1.75. The lowest BCUT2D eigenvalue weighted by molar-refractivity contribution is 0.0949. The molecule has 0 bridgehead atoms. The highest BCUT2D eigenvalue weighted by atomic mass is 19.1. The molecule has 4 nitrogen and oxygen atoms in total. The minimum absolute atomic E-state index is 0.211. The van der Waals surface area contributed by atoms with E-state index in [0.717, 1.165) is 46.9 Å². The number of amides is 1. The predicted octanol–water partition coefficient (Wildman–Crippen LogP) is 5.64. The number of aromatic amines is 1. The number of unbranched alkanes of at least 4 members (excludes halogenated alkanes) is 2. The number of nitrogens with one attached hydrogen (secondary N) is 2. The summed E-state index contributed by atoms with van der Waals surface area (Å²) in [6.45, 7) is 1.19. The molecule has 0 saturated heterocycles. The van der Waals surface area contributed by atoms with Crippen molar-refractivity contribution in [3.05, 3.63) is 84.1 Å². The van der Waals surface area contributed by atoms with Crippen LogP contribution in [0.25, 0.3) is 33.2 Å². The smallest absolute Gasteiger partial charge is 0.268 e. The van der Waals surface area contributed by atoms with E-state index in [-0.39, 0.29) is 17.5 Å². The van der Waals surface area contributed by atoms with Gasteiger partial charge in [-0.25, -0.2) is 8.78 Å². The fourth-order valence-corrected chi connectivity index (χ4v) is 3.84. The van der Waals surface area contributed by atoms with Crippen molar-refractivity contribution >= 4 is 16.8 Å². The van der Waals surface area contributed by atoms with Gasteiger partial charge in [0.1, 0.15) is 17.3 Å². The minimum Gasteiger partial charge on any atom is -0.351 e. The van der Waals surface area contributed by atoms with Crippen LogP contribution in [0.2, 0.25) is 0 Å². The van der Waals surface area contributed by atoms with Crippen LogP contribution in [-0.2, 0) is 0 Å². The van der Waals surface area contributed by atoms with Crippen LogP contribution < -0.4 is 11.1 Å². The van der Waals surface area contributed by atoms with Crippen LogP contribution in [0.15, 0.2) is 66.7 Å². The van der Waals surface area contributed by atoms with E-state index in [1.165, 1.54) is 24.3 Å². The molecule has 0 saturated carbocycles. The summed E-state index contributed by atoms with van der Waals surface area (Å²) in [5.41, 5.74) is 9.96. The van der Waals surface area contributed by atoms with Crippen molar-refractivity contribution in [1.29, 1.82) is 0 Å². The zero-order valence-electron chi connectivity index (χ0n) is 17.6. The Kier molecular flexibility index (Phi) is 6.61. The quantitative estimate of drug-likeness (QED) is 0.315. The molecule has 0 aliphatic heterocycles. The number of carbonyl (C=O) groups is 1. The summed E-state index contributed by atoms with van der Waals surface area (Å²) in [7, 11) is 0. The fraction of sp³-hybridized carbons (Fsp3) is 0.192. The van der Waals surface area contributed by atoms with Crippen LogP contribution in [0, 0.1) is 11.6 Å². The van der Waals surface area contributed by atoms with Gasteiger partial charge in [-0.2, -0.15) is 0 Å². The summed E-state index contributed by atoms with van der Waals surface area (Å²) < 4.78 is 26.9. The summed E-state index contributed by atoms with van der Waals surface area (Å²) in [6.07, 6.45) is 2.73. The SMILES string of the molecule is NCCCCCNC(=O)c1[nH]c2ccc(-c3ccc(F)cc3)cc2c1-c1ccc(F)cc1. The number of hydrogen-bond donors (Lipinski definition) is 3. The van der Waals surface area contributed by atoms with E-state index >= 15 is 0 Å². The van der Waals surface area contributed by atoms with E-state index in [0.29, 0.717) is 24.3 Å². The van der Waals surface area contributed by atoms with Crippen molar-refractivity contribution in [1.82, 2.24) is 10.3 Å². The molecule has 0 unspecified atom stereocenters. The lowest BCUT2D eigenvalue weighted by Gasteiger charge is -2.08. The van der Waals surface area contributed by atoms with Gasteiger partial charge in [-0.05, 0) is 72.5 Å². The van der Waals surface area contributed by atoms with Crippen LogP contribution in [0.5, 0.6) is 0 Å². The molecule has 0 radical (unpaired) electrons. The normalized spacial score (nSPS) is 11.1. The number of aromatic nitrogens is 1. The molecule has 32 heavy (non-hydrogen) atoms. The maximum Gasteiger partial charge on any atom is 0.268 e. The summed E-state index contributed by atoms with van der Waals surface area (Å²) in [5, 5.41) is 3.81. The van der Waals surface area contributed by atoms with Crippen molar-refractivity contribution in [3.8, 4) is 22.3 Å². The summed E-state index contributed by atoms with van der Waals surface area (Å²) in [5.74, 6) is -0.850. The molecule has 1 amide bonds. The molecule has 1 aromatic heterocycles. The van der Waals surface area contributed by atoms with Gasteiger partial charge in [0.15, 0.2) is 0 Å². The van der Waals surface area contributed by atoms with Gasteiger partial charge in [0.25, 0.3) is 5.91 Å². The molecule has 0 aliphatic rings. The molecular weight excluding hydrogens is 408 g/mol. The minimum atomic E-state index is -0.341. The molecule has 0 fully saturated rings. The maximum atomic E-state index is 13.6. The first kappa shape index (κ1) is 21.7. The third-order valence-electron chi connectivity index (χ3n) is 5.50. The Morgan fingerprint density at radius 1 is 0.812 bits per heavy atom. The summed E-state index contributed by atoms with van der Waals surface area (Å²) >= 11 is 0. The second-order valence-electron chi connectivity index (χ2n) is 7.75. The van der Waals surface area contributed by atoms with Crippen molar-refractivity contribution in [2.75, 3.05) is 13.1 Å². The second-order valence-corrected chi connectivity index (χ2v) is 7.75. The lowest BCUT2D eigenvalue weighted by Crippen LogP contribution is -2.25. The van der Waals surface area contributed by atoms with Gasteiger partial charge in [-0.1, -0.05) is 36.8 Å². The molecule has 3 aromatic carbocycles. The molecule has 0 atom stereocenters. The first-order chi connectivity index (χ1) is 15.6. The highest BCUT2D eigenvalue weighted by molar-refractivity contribution is 6.10. The molecule has 0 aliphatic carbocycles. The molecule has 4 rings (SSSR count). The van der Waals surface area contributed by atoms with E-state index in [9.17, 15) is 13.6 Å². The van der Waals surface area contributed by atoms with E-state index in [4.69, 9.17) is 5.73 Å². The number of halogens is 2. The zero-order chi connectivity index (χ0) is 22.5. The number of fused-ring (bicyclic) bond motifs is 1. The van der Waals surface area contributed by atoms with Crippen LogP contribution in [0.4, 0.5) is 8.78 Å². The highest BCUT2D eigenvalue weighted by Gasteiger charge is 2.19. The Hall–Kier alpha value is -3.51. The van der Waals surface area contributed by atoms with Gasteiger partial charge in [0, 0.05) is 23.0 Å². The largest absolute Gasteiger partial charge is 0.351 e. The van der Waals surface area contributed by atoms with Crippen LogP contribution >= 0.6 is 0 Å². The van der Waals surface area contributed by atoms with E-state index in [1.807, 2.05) is 18.2 Å². The fourth-order valence-electron chi connectivity index (χ4n) is 3.84. The van der Waals surface area contributed by atoms with E-state index in [2.05, 4.69) is 10.3 Å². The van der Waals surface area contributed by atoms with Gasteiger partial charge in [-0.15, -0.1) is 0 Å². The van der Waals surface area contributed by atoms with Crippen molar-refractivity contribution in [2.24, 2.45) is 5.73 Å². The number of H-pyrrole nitrogens is 1. The molecular formula is C26H25F2N3O. The van der Waals surface area contributed by atoms with Crippen molar-refractivity contribution < 1.29 is 13.6 Å². The molecule has 0 spiro atoms. The Morgan fingerprint density at radius 2 is 1.44 bits per heavy atom. The number of nitrogens with two attached hydrogens (primary N) is 1. The molecule has 1 heterocycles. The van der Waals surface area contributed by atoms with Gasteiger partial charge >= 0.3 is 0 Å². The number of carbonyl (C=O) groups excluding carboxylic acids is 1. The van der Waals surface area contributed by atoms with Crippen LogP contribution in [0.1, 0.15) is 29.8 Å².